The predicted molar refractivity (Wildman–Crippen MR) is 65.2 cm³/mol. The monoisotopic (exact) mass is 174 g/mol. The van der Waals surface area contributed by atoms with E-state index in [1.807, 2.05) is 6.26 Å². The number of thioether (sulfide) groups is 1. The largest absolute Gasteiger partial charge is 0.131 e. The van der Waals surface area contributed by atoms with E-state index in [0.717, 1.165) is 0 Å². The first kappa shape index (κ1) is 11.0. The quantitative estimate of drug-likeness (QED) is 0.312. The lowest BCUT2D eigenvalue weighted by molar-refractivity contribution is 1.68. The minimum absolute atomic E-state index is 0.257. The van der Waals surface area contributed by atoms with Gasteiger partial charge < -0.3 is 0 Å². The molecule has 0 fully saturated rings. The number of rotatable bonds is 1. The zero-order valence-electron chi connectivity index (χ0n) is 7.29. The maximum atomic E-state index is 5.70. The van der Waals surface area contributed by atoms with E-state index in [-0.39, 0.29) is 5.46 Å². The summed E-state index contributed by atoms with van der Waals surface area (Å²) in [5.41, 5.74) is 1.66. The van der Waals surface area contributed by atoms with Gasteiger partial charge in [-0.1, -0.05) is 10.9 Å². The lowest BCUT2D eigenvalue weighted by Gasteiger charge is -2.19. The Bertz CT molecular complexity index is 320. The third-order valence-electron chi connectivity index (χ3n) is 1.85. The molecule has 0 unspecified atom stereocenters. The molecule has 10 radical (unpaired) electrons. The van der Waals surface area contributed by atoms with Crippen molar-refractivity contribution >= 4 is 78.3 Å². The summed E-state index contributed by atoms with van der Waals surface area (Å²) in [6.07, 6.45) is 1.84. The molecule has 0 atom stereocenters. The van der Waals surface area contributed by atoms with Crippen LogP contribution in [0.25, 0.3) is 0 Å². The highest BCUT2D eigenvalue weighted by Crippen LogP contribution is 2.04. The molecule has 0 nitrogen and oxygen atoms in total. The Balaban J connectivity index is 3.56. The standard InChI is InChI=1S/C7H3B5S/c1-13-7-5(11)3(9)2(8)4(10)6(7)12/h1H3. The fourth-order valence-electron chi connectivity index (χ4n) is 1.04. The smallest absolute Gasteiger partial charge is 0.114 e. The Morgan fingerprint density at radius 1 is 0.692 bits per heavy atom. The molecule has 1 aromatic rings. The third-order valence-corrected chi connectivity index (χ3v) is 2.70. The van der Waals surface area contributed by atoms with Crippen molar-refractivity contribution in [1.82, 2.24) is 0 Å². The van der Waals surface area contributed by atoms with Gasteiger partial charge in [-0.15, -0.1) is 28.2 Å². The van der Waals surface area contributed by atoms with Gasteiger partial charge in [-0.25, -0.2) is 0 Å². The summed E-state index contributed by atoms with van der Waals surface area (Å²) in [6, 6.07) is 0. The molecule has 52 valence electrons. The van der Waals surface area contributed by atoms with Crippen molar-refractivity contribution in [3.05, 3.63) is 0 Å². The number of benzene rings is 1. The van der Waals surface area contributed by atoms with Crippen molar-refractivity contribution in [3.8, 4) is 0 Å². The highest BCUT2D eigenvalue weighted by Gasteiger charge is 2.08. The van der Waals surface area contributed by atoms with Gasteiger partial charge >= 0.3 is 0 Å². The maximum Gasteiger partial charge on any atom is 0.114 e. The molecule has 0 aliphatic rings. The molecule has 0 amide bonds. The summed E-state index contributed by atoms with van der Waals surface area (Å²) in [7, 11) is 28.3. The van der Waals surface area contributed by atoms with Crippen molar-refractivity contribution in [1.29, 1.82) is 0 Å². The Hall–Kier alpha value is -0.105. The van der Waals surface area contributed by atoms with Gasteiger partial charge in [0.05, 0.1) is 0 Å². The van der Waals surface area contributed by atoms with Crippen LogP contribution in [-0.4, -0.2) is 45.5 Å². The van der Waals surface area contributed by atoms with Crippen LogP contribution in [0.2, 0.25) is 0 Å². The predicted octanol–water partition coefficient (Wildman–Crippen LogP) is -3.62. The summed E-state index contributed by atoms with van der Waals surface area (Å²) in [4.78, 5) is 0.684. The fraction of sp³-hybridized carbons (Fsp3) is 0.143. The number of hydrogen-bond acceptors (Lipinski definition) is 1. The molecule has 0 bridgehead atoms. The van der Waals surface area contributed by atoms with Crippen LogP contribution in [0.5, 0.6) is 0 Å². The lowest BCUT2D eigenvalue weighted by atomic mass is 9.62. The molecule has 13 heavy (non-hydrogen) atoms. The van der Waals surface area contributed by atoms with Crippen molar-refractivity contribution in [2.75, 3.05) is 6.26 Å². The van der Waals surface area contributed by atoms with Gasteiger partial charge in [-0.2, -0.15) is 0 Å². The molecular weight excluding hydrogens is 170 g/mol. The second-order valence-electron chi connectivity index (χ2n) is 2.60. The van der Waals surface area contributed by atoms with Crippen LogP contribution in [-0.2, 0) is 0 Å². The Morgan fingerprint density at radius 3 is 1.31 bits per heavy atom. The molecule has 1 rings (SSSR count). The van der Waals surface area contributed by atoms with E-state index in [1.165, 1.54) is 11.8 Å². The zero-order valence-corrected chi connectivity index (χ0v) is 8.11. The van der Waals surface area contributed by atoms with Crippen LogP contribution in [0.15, 0.2) is 4.90 Å². The maximum absolute atomic E-state index is 5.70. The van der Waals surface area contributed by atoms with Gasteiger partial charge in [0, 0.05) is 0 Å². The molecule has 1 aromatic carbocycles. The van der Waals surface area contributed by atoms with Crippen molar-refractivity contribution in [2.24, 2.45) is 0 Å². The first-order valence-corrected chi connectivity index (χ1v) is 4.78. The Kier molecular flexibility index (Phi) is 3.34. The summed E-state index contributed by atoms with van der Waals surface area (Å²) in [5.74, 6) is 0. The lowest BCUT2D eigenvalue weighted by Crippen LogP contribution is -2.55. The van der Waals surface area contributed by atoms with Gasteiger partial charge in [0.2, 0.25) is 0 Å². The highest BCUT2D eigenvalue weighted by molar-refractivity contribution is 7.99. The van der Waals surface area contributed by atoms with E-state index in [2.05, 4.69) is 0 Å². The molecule has 0 spiro atoms. The first-order valence-electron chi connectivity index (χ1n) is 3.56. The second kappa shape index (κ2) is 3.95. The van der Waals surface area contributed by atoms with Crippen LogP contribution < -0.4 is 27.3 Å². The van der Waals surface area contributed by atoms with Crippen LogP contribution in [0, 0.1) is 0 Å². The summed E-state index contributed by atoms with van der Waals surface area (Å²) in [6.45, 7) is 0. The van der Waals surface area contributed by atoms with Crippen LogP contribution >= 0.6 is 11.8 Å². The average Bonchev–Trinajstić information content (AvgIpc) is 2.13. The van der Waals surface area contributed by atoms with Gasteiger partial charge in [0.1, 0.15) is 39.2 Å². The highest BCUT2D eigenvalue weighted by atomic mass is 32.2. The van der Waals surface area contributed by atoms with Crippen molar-refractivity contribution in [2.45, 2.75) is 4.90 Å². The van der Waals surface area contributed by atoms with E-state index in [4.69, 9.17) is 39.2 Å². The van der Waals surface area contributed by atoms with Crippen LogP contribution in [0.4, 0.5) is 0 Å². The first-order chi connectivity index (χ1) is 6.00. The van der Waals surface area contributed by atoms with Crippen molar-refractivity contribution in [3.63, 3.8) is 0 Å². The van der Waals surface area contributed by atoms with E-state index >= 15 is 0 Å². The van der Waals surface area contributed by atoms with Gasteiger partial charge in [0.25, 0.3) is 0 Å². The Labute approximate surface area is 89.7 Å². The SMILES string of the molecule is [B]c1c([B])c([B])c(SC)c([B])c1[B]. The van der Waals surface area contributed by atoms with E-state index in [0.29, 0.717) is 26.7 Å². The molecule has 0 saturated heterocycles. The topological polar surface area (TPSA) is 0 Å². The molecule has 6 heteroatoms. The summed E-state index contributed by atoms with van der Waals surface area (Å²) in [5, 5.41) is 0. The molecular formula is C7H3B5S. The van der Waals surface area contributed by atoms with E-state index in [9.17, 15) is 0 Å². The molecule has 0 aliphatic carbocycles. The minimum Gasteiger partial charge on any atom is -0.131 e. The second-order valence-corrected chi connectivity index (χ2v) is 3.42. The normalized spacial score (nSPS) is 10.2. The van der Waals surface area contributed by atoms with E-state index < -0.39 is 0 Å². The molecule has 0 aromatic heterocycles. The summed E-state index contributed by atoms with van der Waals surface area (Å²) >= 11 is 1.39. The fourth-order valence-corrected chi connectivity index (χ4v) is 1.70. The molecule has 0 N–H and O–H groups in total. The average molecular weight is 173 g/mol. The molecule has 0 heterocycles. The molecule has 0 saturated carbocycles. The van der Waals surface area contributed by atoms with Crippen LogP contribution in [0.3, 0.4) is 0 Å². The molecule has 0 aliphatic heterocycles. The number of hydrogen-bond donors (Lipinski definition) is 0. The Morgan fingerprint density at radius 2 is 1.00 bits per heavy atom. The van der Waals surface area contributed by atoms with Gasteiger partial charge in [0.15, 0.2) is 0 Å². The zero-order chi connectivity index (χ0) is 10.2. The van der Waals surface area contributed by atoms with E-state index in [1.54, 1.807) is 0 Å². The minimum atomic E-state index is 0.257. The third kappa shape index (κ3) is 1.74. The summed E-state index contributed by atoms with van der Waals surface area (Å²) < 4.78 is 0. The van der Waals surface area contributed by atoms with Gasteiger partial charge in [-0.05, 0) is 11.2 Å². The van der Waals surface area contributed by atoms with Crippen LogP contribution in [0.1, 0.15) is 0 Å². The van der Waals surface area contributed by atoms with Gasteiger partial charge in [-0.3, -0.25) is 0 Å². The van der Waals surface area contributed by atoms with Crippen molar-refractivity contribution < 1.29 is 0 Å².